The fraction of sp³-hybridized carbons (Fsp3) is 0. The second-order valence-corrected chi connectivity index (χ2v) is 3.51. The van der Waals surface area contributed by atoms with E-state index < -0.39 is 5.82 Å². The Labute approximate surface area is 89.8 Å². The molecular weight excluding hydrogens is 207 g/mol. The molecule has 0 saturated carbocycles. The maximum atomic E-state index is 13.0. The van der Waals surface area contributed by atoms with E-state index in [0.717, 1.165) is 0 Å². The Bertz CT molecular complexity index is 749. The molecule has 0 atom stereocenters. The predicted octanol–water partition coefficient (Wildman–Crippen LogP) is 1.99. The number of aromatic nitrogens is 2. The first kappa shape index (κ1) is 9.03. The normalized spacial score (nSPS) is 11.1. The summed E-state index contributed by atoms with van der Waals surface area (Å²) in [5, 5.41) is 0.295. The molecule has 1 aromatic carbocycles. The lowest BCUT2D eigenvalue weighted by atomic mass is 10.2. The van der Waals surface area contributed by atoms with E-state index in [2.05, 4.69) is 4.98 Å². The fourth-order valence-electron chi connectivity index (χ4n) is 1.73. The average Bonchev–Trinajstić information content (AvgIpc) is 2.31. The number of rotatable bonds is 0. The minimum Gasteiger partial charge on any atom is -0.268 e. The second-order valence-electron chi connectivity index (χ2n) is 3.51. The highest BCUT2D eigenvalue weighted by Gasteiger charge is 2.05. The molecule has 2 heterocycles. The van der Waals surface area contributed by atoms with Gasteiger partial charge < -0.3 is 0 Å². The largest absolute Gasteiger partial charge is 0.268 e. The molecule has 0 aliphatic rings. The highest BCUT2D eigenvalue weighted by molar-refractivity contribution is 5.79. The van der Waals surface area contributed by atoms with Gasteiger partial charge in [-0.25, -0.2) is 9.37 Å². The minimum absolute atomic E-state index is 0.250. The van der Waals surface area contributed by atoms with Crippen LogP contribution < -0.4 is 5.56 Å². The first-order valence-corrected chi connectivity index (χ1v) is 4.82. The molecule has 0 saturated heterocycles. The van der Waals surface area contributed by atoms with Gasteiger partial charge in [0, 0.05) is 6.20 Å². The molecule has 0 N–H and O–H groups in total. The molecular formula is C12H7FN2O. The highest BCUT2D eigenvalue weighted by Crippen LogP contribution is 2.10. The van der Waals surface area contributed by atoms with Gasteiger partial charge in [-0.05, 0) is 30.3 Å². The van der Waals surface area contributed by atoms with Crippen LogP contribution in [0.4, 0.5) is 4.39 Å². The van der Waals surface area contributed by atoms with E-state index >= 15 is 0 Å². The fourth-order valence-corrected chi connectivity index (χ4v) is 1.73. The summed E-state index contributed by atoms with van der Waals surface area (Å²) < 4.78 is 14.4. The van der Waals surface area contributed by atoms with Crippen LogP contribution in [0, 0.1) is 5.82 Å². The van der Waals surface area contributed by atoms with Gasteiger partial charge in [0.05, 0.1) is 10.9 Å². The topological polar surface area (TPSA) is 34.4 Å². The van der Waals surface area contributed by atoms with E-state index in [1.54, 1.807) is 24.4 Å². The van der Waals surface area contributed by atoms with E-state index in [1.165, 1.54) is 22.6 Å². The molecule has 78 valence electrons. The Morgan fingerprint density at radius 3 is 2.94 bits per heavy atom. The number of nitrogens with zero attached hydrogens (tertiary/aromatic N) is 2. The smallest absolute Gasteiger partial charge is 0.265 e. The Kier molecular flexibility index (Phi) is 1.77. The third-order valence-corrected chi connectivity index (χ3v) is 2.48. The van der Waals surface area contributed by atoms with Crippen LogP contribution in [-0.4, -0.2) is 9.38 Å². The Hall–Kier alpha value is -2.23. The SMILES string of the molecule is O=c1c2cc(F)ccc2nc2ccccn12. The van der Waals surface area contributed by atoms with Crippen molar-refractivity contribution in [3.05, 3.63) is 58.8 Å². The molecule has 2 aromatic heterocycles. The molecule has 0 spiro atoms. The number of benzene rings is 1. The van der Waals surface area contributed by atoms with Crippen LogP contribution in [0.5, 0.6) is 0 Å². The van der Waals surface area contributed by atoms with Crippen molar-refractivity contribution in [3.63, 3.8) is 0 Å². The van der Waals surface area contributed by atoms with Crippen molar-refractivity contribution in [2.45, 2.75) is 0 Å². The summed E-state index contributed by atoms with van der Waals surface area (Å²) in [5.41, 5.74) is 0.823. The van der Waals surface area contributed by atoms with E-state index in [0.29, 0.717) is 16.6 Å². The maximum Gasteiger partial charge on any atom is 0.265 e. The first-order valence-electron chi connectivity index (χ1n) is 4.82. The number of hydrogen-bond acceptors (Lipinski definition) is 2. The lowest BCUT2D eigenvalue weighted by Gasteiger charge is -2.02. The van der Waals surface area contributed by atoms with Crippen LogP contribution in [0.15, 0.2) is 47.4 Å². The molecule has 0 aliphatic heterocycles. The first-order chi connectivity index (χ1) is 7.75. The summed E-state index contributed by atoms with van der Waals surface area (Å²) in [4.78, 5) is 16.3. The van der Waals surface area contributed by atoms with Crippen molar-refractivity contribution in [1.82, 2.24) is 9.38 Å². The molecule has 3 rings (SSSR count). The monoisotopic (exact) mass is 214 g/mol. The van der Waals surface area contributed by atoms with Crippen LogP contribution in [0.1, 0.15) is 0 Å². The number of fused-ring (bicyclic) bond motifs is 2. The van der Waals surface area contributed by atoms with Gasteiger partial charge in [-0.15, -0.1) is 0 Å². The van der Waals surface area contributed by atoms with E-state index in [1.807, 2.05) is 0 Å². The molecule has 0 unspecified atom stereocenters. The van der Waals surface area contributed by atoms with Crippen LogP contribution >= 0.6 is 0 Å². The molecule has 3 nitrogen and oxygen atoms in total. The van der Waals surface area contributed by atoms with E-state index in [-0.39, 0.29) is 5.56 Å². The van der Waals surface area contributed by atoms with Gasteiger partial charge in [-0.2, -0.15) is 0 Å². The van der Waals surface area contributed by atoms with Gasteiger partial charge in [0.25, 0.3) is 5.56 Å². The zero-order valence-corrected chi connectivity index (χ0v) is 8.22. The Morgan fingerprint density at radius 1 is 1.19 bits per heavy atom. The molecule has 0 fully saturated rings. The van der Waals surface area contributed by atoms with Crippen molar-refractivity contribution in [2.24, 2.45) is 0 Å². The van der Waals surface area contributed by atoms with Crippen molar-refractivity contribution in [2.75, 3.05) is 0 Å². The van der Waals surface area contributed by atoms with Gasteiger partial charge in [0.1, 0.15) is 11.5 Å². The molecule has 0 bridgehead atoms. The number of hydrogen-bond donors (Lipinski definition) is 0. The average molecular weight is 214 g/mol. The predicted molar refractivity (Wildman–Crippen MR) is 58.9 cm³/mol. The quantitative estimate of drug-likeness (QED) is 0.536. The molecule has 4 heteroatoms. The third-order valence-electron chi connectivity index (χ3n) is 2.48. The van der Waals surface area contributed by atoms with Gasteiger partial charge in [-0.1, -0.05) is 6.07 Å². The highest BCUT2D eigenvalue weighted by atomic mass is 19.1. The number of pyridine rings is 1. The lowest BCUT2D eigenvalue weighted by Crippen LogP contribution is -2.14. The molecule has 0 radical (unpaired) electrons. The van der Waals surface area contributed by atoms with Crippen molar-refractivity contribution in [1.29, 1.82) is 0 Å². The van der Waals surface area contributed by atoms with E-state index in [4.69, 9.17) is 0 Å². The summed E-state index contributed by atoms with van der Waals surface area (Å²) in [5.74, 6) is -0.428. The summed E-state index contributed by atoms with van der Waals surface area (Å²) in [6.07, 6.45) is 1.62. The lowest BCUT2D eigenvalue weighted by molar-refractivity contribution is 0.629. The summed E-state index contributed by atoms with van der Waals surface area (Å²) in [6, 6.07) is 9.31. The standard InChI is InChI=1S/C12H7FN2O/c13-8-4-5-10-9(7-8)12(16)15-6-2-1-3-11(15)14-10/h1-7H. The molecule has 16 heavy (non-hydrogen) atoms. The van der Waals surface area contributed by atoms with Crippen LogP contribution in [0.25, 0.3) is 16.6 Å². The second kappa shape index (κ2) is 3.13. The minimum atomic E-state index is -0.428. The summed E-state index contributed by atoms with van der Waals surface area (Å²) >= 11 is 0. The molecule has 0 amide bonds. The summed E-state index contributed by atoms with van der Waals surface area (Å²) in [7, 11) is 0. The Balaban J connectivity index is 2.61. The van der Waals surface area contributed by atoms with Gasteiger partial charge in [0.2, 0.25) is 0 Å². The van der Waals surface area contributed by atoms with E-state index in [9.17, 15) is 9.18 Å². The zero-order chi connectivity index (χ0) is 11.1. The van der Waals surface area contributed by atoms with Crippen LogP contribution in [0.3, 0.4) is 0 Å². The Morgan fingerprint density at radius 2 is 2.06 bits per heavy atom. The van der Waals surface area contributed by atoms with Crippen LogP contribution in [-0.2, 0) is 0 Å². The van der Waals surface area contributed by atoms with Gasteiger partial charge in [-0.3, -0.25) is 9.20 Å². The maximum absolute atomic E-state index is 13.0. The molecule has 0 aliphatic carbocycles. The number of halogens is 1. The summed E-state index contributed by atoms with van der Waals surface area (Å²) in [6.45, 7) is 0. The van der Waals surface area contributed by atoms with Crippen LogP contribution in [0.2, 0.25) is 0 Å². The van der Waals surface area contributed by atoms with Gasteiger partial charge >= 0.3 is 0 Å². The van der Waals surface area contributed by atoms with Crippen molar-refractivity contribution < 1.29 is 4.39 Å². The van der Waals surface area contributed by atoms with Gasteiger partial charge in [0.15, 0.2) is 0 Å². The molecule has 3 aromatic rings. The zero-order valence-electron chi connectivity index (χ0n) is 8.22. The third kappa shape index (κ3) is 1.20. The van der Waals surface area contributed by atoms with Crippen molar-refractivity contribution >= 4 is 16.6 Å². The van der Waals surface area contributed by atoms with Crippen molar-refractivity contribution in [3.8, 4) is 0 Å².